The van der Waals surface area contributed by atoms with Gasteiger partial charge in [0.25, 0.3) is 0 Å². The second-order valence-electron chi connectivity index (χ2n) is 3.99. The van der Waals surface area contributed by atoms with Gasteiger partial charge in [0.1, 0.15) is 11.9 Å². The van der Waals surface area contributed by atoms with E-state index in [0.29, 0.717) is 23.6 Å². The number of aryl methyl sites for hydroxylation is 1. The molecule has 0 amide bonds. The van der Waals surface area contributed by atoms with Crippen LogP contribution in [0.4, 0.5) is 0 Å². The van der Waals surface area contributed by atoms with Crippen LogP contribution in [0.5, 0.6) is 5.75 Å². The molecule has 1 N–H and O–H groups in total. The van der Waals surface area contributed by atoms with Crippen LogP contribution in [0.15, 0.2) is 36.7 Å². The van der Waals surface area contributed by atoms with Gasteiger partial charge in [-0.25, -0.2) is 0 Å². The van der Waals surface area contributed by atoms with Crippen LogP contribution in [0.2, 0.25) is 0 Å². The molecule has 0 radical (unpaired) electrons. The van der Waals surface area contributed by atoms with E-state index in [1.807, 2.05) is 26.0 Å². The third-order valence-corrected chi connectivity index (χ3v) is 2.55. The number of hydrogen-bond acceptors (Lipinski definition) is 4. The van der Waals surface area contributed by atoms with Crippen LogP contribution in [0.25, 0.3) is 0 Å². The van der Waals surface area contributed by atoms with Crippen LogP contribution in [0.1, 0.15) is 30.0 Å². The average Bonchev–Trinajstić information content (AvgIpc) is 2.39. The van der Waals surface area contributed by atoms with Gasteiger partial charge in [-0.15, -0.1) is 0 Å². The van der Waals surface area contributed by atoms with Gasteiger partial charge in [0, 0.05) is 17.5 Å². The maximum absolute atomic E-state index is 10.3. The molecule has 4 heteroatoms. The number of aromatic nitrogens is 2. The predicted molar refractivity (Wildman–Crippen MR) is 68.4 cm³/mol. The molecule has 0 spiro atoms. The summed E-state index contributed by atoms with van der Waals surface area (Å²) in [6.45, 7) is 4.38. The van der Waals surface area contributed by atoms with E-state index in [4.69, 9.17) is 4.74 Å². The molecule has 1 atom stereocenters. The van der Waals surface area contributed by atoms with Crippen molar-refractivity contribution in [2.45, 2.75) is 20.0 Å². The summed E-state index contributed by atoms with van der Waals surface area (Å²) in [5.74, 6) is 0.654. The second-order valence-corrected chi connectivity index (χ2v) is 3.99. The number of pyridine rings is 2. The van der Waals surface area contributed by atoms with E-state index < -0.39 is 6.10 Å². The van der Waals surface area contributed by atoms with Gasteiger partial charge in [0.05, 0.1) is 18.5 Å². The van der Waals surface area contributed by atoms with Crippen molar-refractivity contribution in [3.8, 4) is 5.75 Å². The minimum absolute atomic E-state index is 0.573. The molecule has 0 aliphatic carbocycles. The van der Waals surface area contributed by atoms with Gasteiger partial charge in [0.2, 0.25) is 0 Å². The first-order valence-electron chi connectivity index (χ1n) is 5.90. The predicted octanol–water partition coefficient (Wildman–Crippen LogP) is 2.27. The molecule has 2 aromatic rings. The van der Waals surface area contributed by atoms with E-state index in [1.165, 1.54) is 0 Å². The summed E-state index contributed by atoms with van der Waals surface area (Å²) < 4.78 is 5.36. The van der Waals surface area contributed by atoms with Gasteiger partial charge >= 0.3 is 0 Å². The third kappa shape index (κ3) is 2.84. The molecule has 94 valence electrons. The van der Waals surface area contributed by atoms with E-state index in [0.717, 1.165) is 5.69 Å². The Balaban J connectivity index is 2.27. The topological polar surface area (TPSA) is 55.2 Å². The van der Waals surface area contributed by atoms with E-state index in [2.05, 4.69) is 9.97 Å². The van der Waals surface area contributed by atoms with Crippen molar-refractivity contribution in [1.82, 2.24) is 9.97 Å². The molecule has 0 saturated heterocycles. The van der Waals surface area contributed by atoms with E-state index in [9.17, 15) is 5.11 Å². The standard InChI is InChI=1S/C14H16N2O2/c1-3-18-12-7-11(8-15-9-12)14(17)13-6-4-5-10(2)16-13/h4-9,14,17H,3H2,1-2H3. The second kappa shape index (κ2) is 5.60. The fourth-order valence-electron chi connectivity index (χ4n) is 1.72. The minimum Gasteiger partial charge on any atom is -0.492 e. The van der Waals surface area contributed by atoms with E-state index in [1.54, 1.807) is 24.5 Å². The first-order chi connectivity index (χ1) is 8.70. The van der Waals surface area contributed by atoms with E-state index >= 15 is 0 Å². The molecule has 0 saturated carbocycles. The lowest BCUT2D eigenvalue weighted by molar-refractivity contribution is 0.214. The lowest BCUT2D eigenvalue weighted by Crippen LogP contribution is -2.04. The highest BCUT2D eigenvalue weighted by Gasteiger charge is 2.13. The molecule has 0 aliphatic rings. The fraction of sp³-hybridized carbons (Fsp3) is 0.286. The maximum atomic E-state index is 10.3. The molecule has 4 nitrogen and oxygen atoms in total. The number of hydrogen-bond donors (Lipinski definition) is 1. The third-order valence-electron chi connectivity index (χ3n) is 2.55. The smallest absolute Gasteiger partial charge is 0.137 e. The Labute approximate surface area is 106 Å². The van der Waals surface area contributed by atoms with Crippen molar-refractivity contribution in [2.24, 2.45) is 0 Å². The lowest BCUT2D eigenvalue weighted by Gasteiger charge is -2.12. The van der Waals surface area contributed by atoms with E-state index in [-0.39, 0.29) is 0 Å². The van der Waals surface area contributed by atoms with Crippen molar-refractivity contribution in [1.29, 1.82) is 0 Å². The number of aliphatic hydroxyl groups is 1. The largest absolute Gasteiger partial charge is 0.492 e. The summed E-state index contributed by atoms with van der Waals surface area (Å²) in [6, 6.07) is 7.35. The van der Waals surface area contributed by atoms with Crippen molar-refractivity contribution in [3.05, 3.63) is 53.6 Å². The number of rotatable bonds is 4. The summed E-state index contributed by atoms with van der Waals surface area (Å²) in [4.78, 5) is 8.37. The number of aliphatic hydroxyl groups excluding tert-OH is 1. The quantitative estimate of drug-likeness (QED) is 0.896. The van der Waals surface area contributed by atoms with Gasteiger partial charge in [-0.1, -0.05) is 6.07 Å². The van der Waals surface area contributed by atoms with Crippen molar-refractivity contribution < 1.29 is 9.84 Å². The SMILES string of the molecule is CCOc1cncc(C(O)c2cccc(C)n2)c1. The monoisotopic (exact) mass is 244 g/mol. The Hall–Kier alpha value is -1.94. The molecular formula is C14H16N2O2. The normalized spacial score (nSPS) is 12.2. The average molecular weight is 244 g/mol. The Kier molecular flexibility index (Phi) is 3.89. The molecule has 0 bridgehead atoms. The molecule has 2 heterocycles. The Morgan fingerprint density at radius 2 is 2.17 bits per heavy atom. The summed E-state index contributed by atoms with van der Waals surface area (Å²) in [5.41, 5.74) is 2.17. The van der Waals surface area contributed by atoms with Crippen LogP contribution >= 0.6 is 0 Å². The Morgan fingerprint density at radius 1 is 1.33 bits per heavy atom. The van der Waals surface area contributed by atoms with Crippen LogP contribution in [-0.2, 0) is 0 Å². The van der Waals surface area contributed by atoms with Crippen molar-refractivity contribution in [2.75, 3.05) is 6.61 Å². The zero-order valence-corrected chi connectivity index (χ0v) is 10.5. The molecular weight excluding hydrogens is 228 g/mol. The molecule has 0 aromatic carbocycles. The van der Waals surface area contributed by atoms with Gasteiger partial charge < -0.3 is 9.84 Å². The highest BCUT2D eigenvalue weighted by molar-refractivity contribution is 5.30. The van der Waals surface area contributed by atoms with Crippen LogP contribution < -0.4 is 4.74 Å². The van der Waals surface area contributed by atoms with Crippen LogP contribution in [0.3, 0.4) is 0 Å². The molecule has 0 aliphatic heterocycles. The van der Waals surface area contributed by atoms with Gasteiger partial charge in [-0.3, -0.25) is 9.97 Å². The zero-order valence-electron chi connectivity index (χ0n) is 10.5. The highest BCUT2D eigenvalue weighted by Crippen LogP contribution is 2.22. The van der Waals surface area contributed by atoms with Crippen molar-refractivity contribution >= 4 is 0 Å². The van der Waals surface area contributed by atoms with Crippen LogP contribution in [0, 0.1) is 6.92 Å². The summed E-state index contributed by atoms with van der Waals surface area (Å²) >= 11 is 0. The fourth-order valence-corrected chi connectivity index (χ4v) is 1.72. The molecule has 1 unspecified atom stereocenters. The van der Waals surface area contributed by atoms with Crippen LogP contribution in [-0.4, -0.2) is 21.7 Å². The number of nitrogens with zero attached hydrogens (tertiary/aromatic N) is 2. The maximum Gasteiger partial charge on any atom is 0.137 e. The van der Waals surface area contributed by atoms with Gasteiger partial charge in [-0.2, -0.15) is 0 Å². The number of ether oxygens (including phenoxy) is 1. The summed E-state index contributed by atoms with van der Waals surface area (Å²) in [6.07, 6.45) is 2.47. The summed E-state index contributed by atoms with van der Waals surface area (Å²) in [5, 5.41) is 10.3. The van der Waals surface area contributed by atoms with Crippen molar-refractivity contribution in [3.63, 3.8) is 0 Å². The lowest BCUT2D eigenvalue weighted by atomic mass is 10.1. The minimum atomic E-state index is -0.780. The highest BCUT2D eigenvalue weighted by atomic mass is 16.5. The Bertz CT molecular complexity index is 529. The molecule has 18 heavy (non-hydrogen) atoms. The first kappa shape index (κ1) is 12.5. The van der Waals surface area contributed by atoms with Gasteiger partial charge in [0.15, 0.2) is 0 Å². The zero-order chi connectivity index (χ0) is 13.0. The molecule has 2 rings (SSSR count). The van der Waals surface area contributed by atoms with Gasteiger partial charge in [-0.05, 0) is 32.0 Å². The molecule has 0 fully saturated rings. The first-order valence-corrected chi connectivity index (χ1v) is 5.90. The Morgan fingerprint density at radius 3 is 2.89 bits per heavy atom. The molecule has 2 aromatic heterocycles. The summed E-state index contributed by atoms with van der Waals surface area (Å²) in [7, 11) is 0.